The molecule has 0 spiro atoms. The Morgan fingerprint density at radius 2 is 1.56 bits per heavy atom. The molecule has 4 heterocycles. The van der Waals surface area contributed by atoms with Gasteiger partial charge in [0.15, 0.2) is 0 Å². The molecular weight excluding hydrogens is 491 g/mol. The summed E-state index contributed by atoms with van der Waals surface area (Å²) in [6, 6.07) is 14.0. The molecule has 2 atom stereocenters. The number of halogens is 2. The van der Waals surface area contributed by atoms with Crippen LogP contribution >= 0.6 is 23.2 Å². The normalized spacial score (nSPS) is 25.9. The molecule has 36 heavy (non-hydrogen) atoms. The molecule has 3 aliphatic rings. The maximum Gasteiger partial charge on any atom is 0.129 e. The van der Waals surface area contributed by atoms with Gasteiger partial charge in [-0.2, -0.15) is 0 Å². The smallest absolute Gasteiger partial charge is 0.129 e. The Morgan fingerprint density at radius 1 is 0.833 bits per heavy atom. The highest BCUT2D eigenvalue weighted by Crippen LogP contribution is 2.28. The number of rotatable bonds is 6. The third kappa shape index (κ3) is 6.53. The van der Waals surface area contributed by atoms with E-state index in [1.807, 2.05) is 30.5 Å². The van der Waals surface area contributed by atoms with Crippen molar-refractivity contribution in [2.45, 2.75) is 37.4 Å². The monoisotopic (exact) mass is 530 g/mol. The molecule has 0 saturated carbocycles. The number of nitrogens with zero attached hydrogens (tertiary/aromatic N) is 6. The van der Waals surface area contributed by atoms with E-state index in [2.05, 4.69) is 55.7 Å². The van der Waals surface area contributed by atoms with Gasteiger partial charge in [0.25, 0.3) is 0 Å². The number of pyridine rings is 1. The highest BCUT2D eigenvalue weighted by atomic mass is 35.5. The lowest BCUT2D eigenvalue weighted by molar-refractivity contribution is -0.00825. The topological polar surface area (TPSA) is 29.1 Å². The van der Waals surface area contributed by atoms with Crippen molar-refractivity contribution in [3.05, 3.63) is 58.2 Å². The summed E-state index contributed by atoms with van der Waals surface area (Å²) < 4.78 is 0. The van der Waals surface area contributed by atoms with Gasteiger partial charge in [0.05, 0.1) is 0 Å². The van der Waals surface area contributed by atoms with Gasteiger partial charge in [-0.3, -0.25) is 14.7 Å². The van der Waals surface area contributed by atoms with E-state index in [0.717, 1.165) is 61.3 Å². The van der Waals surface area contributed by atoms with Crippen molar-refractivity contribution in [1.82, 2.24) is 24.6 Å². The Labute approximate surface area is 226 Å². The van der Waals surface area contributed by atoms with Crippen LogP contribution in [0.15, 0.2) is 42.6 Å². The molecule has 0 bridgehead atoms. The predicted octanol–water partition coefficient (Wildman–Crippen LogP) is 3.83. The first-order valence-electron chi connectivity index (χ1n) is 13.4. The maximum atomic E-state index is 6.24. The zero-order valence-electron chi connectivity index (χ0n) is 21.7. The molecule has 3 fully saturated rings. The van der Waals surface area contributed by atoms with Gasteiger partial charge in [0, 0.05) is 93.3 Å². The molecule has 2 aromatic rings. The quantitative estimate of drug-likeness (QED) is 0.563. The van der Waals surface area contributed by atoms with Crippen molar-refractivity contribution < 1.29 is 0 Å². The lowest BCUT2D eigenvalue weighted by Gasteiger charge is -2.51. The molecule has 8 heteroatoms. The average Bonchev–Trinajstić information content (AvgIpc) is 2.88. The van der Waals surface area contributed by atoms with E-state index in [0.29, 0.717) is 18.1 Å². The summed E-state index contributed by atoms with van der Waals surface area (Å²) >= 11 is 12.4. The van der Waals surface area contributed by atoms with E-state index in [4.69, 9.17) is 23.2 Å². The standard InChI is InChI=1S/C28H40Cl2N6/c1-32-13-15-34(16-14-32)20-27-21-36(26(19-33(27)2)17-22-3-5-23(29)6-4-22)25-8-11-35(12-9-25)28-18-24(30)7-10-31-28/h3-7,10,18,25-27H,8-9,11-17,19-21H2,1-2H3/t26-,27-/m0/s1. The fourth-order valence-corrected chi connectivity index (χ4v) is 6.44. The van der Waals surface area contributed by atoms with Gasteiger partial charge < -0.3 is 9.80 Å². The highest BCUT2D eigenvalue weighted by Gasteiger charge is 2.38. The molecule has 1 aromatic heterocycles. The fourth-order valence-electron chi connectivity index (χ4n) is 6.16. The summed E-state index contributed by atoms with van der Waals surface area (Å²) in [6.45, 7) is 10.2. The van der Waals surface area contributed by atoms with Crippen LogP contribution < -0.4 is 4.90 Å². The number of aromatic nitrogens is 1. The molecule has 196 valence electrons. The number of piperidine rings is 1. The van der Waals surface area contributed by atoms with Gasteiger partial charge in [-0.15, -0.1) is 0 Å². The SMILES string of the molecule is CN1CCN(C[C@H]2CN(C3CCN(c4cc(Cl)ccn4)CC3)[C@@H](Cc3ccc(Cl)cc3)CN2C)CC1. The predicted molar refractivity (Wildman–Crippen MR) is 150 cm³/mol. The van der Waals surface area contributed by atoms with Crippen LogP contribution in [-0.4, -0.2) is 116 Å². The van der Waals surface area contributed by atoms with Crippen molar-refractivity contribution in [2.24, 2.45) is 0 Å². The van der Waals surface area contributed by atoms with Gasteiger partial charge in [-0.05, 0) is 63.2 Å². The second-order valence-corrected chi connectivity index (χ2v) is 11.8. The van der Waals surface area contributed by atoms with Crippen LogP contribution in [0, 0.1) is 0 Å². The van der Waals surface area contributed by atoms with Gasteiger partial charge in [0.2, 0.25) is 0 Å². The molecule has 0 unspecified atom stereocenters. The molecule has 0 N–H and O–H groups in total. The van der Waals surface area contributed by atoms with Gasteiger partial charge in [-0.25, -0.2) is 4.98 Å². The maximum absolute atomic E-state index is 6.24. The summed E-state index contributed by atoms with van der Waals surface area (Å²) in [5.41, 5.74) is 1.38. The van der Waals surface area contributed by atoms with Crippen molar-refractivity contribution in [3.8, 4) is 0 Å². The lowest BCUT2D eigenvalue weighted by Crippen LogP contribution is -2.64. The highest BCUT2D eigenvalue weighted by molar-refractivity contribution is 6.31. The minimum atomic E-state index is 0.515. The third-order valence-electron chi connectivity index (χ3n) is 8.43. The van der Waals surface area contributed by atoms with Crippen LogP contribution in [0.5, 0.6) is 0 Å². The van der Waals surface area contributed by atoms with Crippen molar-refractivity contribution in [1.29, 1.82) is 0 Å². The van der Waals surface area contributed by atoms with E-state index in [1.165, 1.54) is 38.3 Å². The number of likely N-dealkylation sites (N-methyl/N-ethyl adjacent to an activating group) is 2. The van der Waals surface area contributed by atoms with E-state index in [-0.39, 0.29) is 0 Å². The molecular formula is C28H40Cl2N6. The molecule has 0 aliphatic carbocycles. The van der Waals surface area contributed by atoms with Crippen LogP contribution in [0.25, 0.3) is 0 Å². The van der Waals surface area contributed by atoms with Crippen LogP contribution in [0.3, 0.4) is 0 Å². The minimum Gasteiger partial charge on any atom is -0.356 e. The summed E-state index contributed by atoms with van der Waals surface area (Å²) in [6.07, 6.45) is 5.21. The van der Waals surface area contributed by atoms with Gasteiger partial charge >= 0.3 is 0 Å². The molecule has 6 nitrogen and oxygen atoms in total. The first-order chi connectivity index (χ1) is 17.4. The average molecular weight is 532 g/mol. The zero-order chi connectivity index (χ0) is 25.1. The van der Waals surface area contributed by atoms with Crippen molar-refractivity contribution in [3.63, 3.8) is 0 Å². The molecule has 3 aliphatic heterocycles. The van der Waals surface area contributed by atoms with E-state index >= 15 is 0 Å². The van der Waals surface area contributed by atoms with Crippen LogP contribution in [0.1, 0.15) is 18.4 Å². The molecule has 1 aromatic carbocycles. The molecule has 3 saturated heterocycles. The Balaban J connectivity index is 1.28. The first kappa shape index (κ1) is 26.2. The van der Waals surface area contributed by atoms with E-state index in [9.17, 15) is 0 Å². The summed E-state index contributed by atoms with van der Waals surface area (Å²) in [7, 11) is 4.57. The van der Waals surface area contributed by atoms with Gasteiger partial charge in [-0.1, -0.05) is 35.3 Å². The third-order valence-corrected chi connectivity index (χ3v) is 8.91. The Kier molecular flexibility index (Phi) is 8.72. The lowest BCUT2D eigenvalue weighted by atomic mass is 9.93. The number of hydrogen-bond donors (Lipinski definition) is 0. The Hall–Kier alpha value is -1.41. The largest absolute Gasteiger partial charge is 0.356 e. The van der Waals surface area contributed by atoms with Crippen molar-refractivity contribution in [2.75, 3.05) is 77.9 Å². The fraction of sp³-hybridized carbons (Fsp3) is 0.607. The number of anilines is 1. The molecule has 0 amide bonds. The number of hydrogen-bond acceptors (Lipinski definition) is 6. The number of piperazine rings is 2. The number of benzene rings is 1. The zero-order valence-corrected chi connectivity index (χ0v) is 23.2. The molecule has 5 rings (SSSR count). The van der Waals surface area contributed by atoms with Crippen LogP contribution in [0.2, 0.25) is 10.0 Å². The second-order valence-electron chi connectivity index (χ2n) is 10.9. The van der Waals surface area contributed by atoms with Crippen molar-refractivity contribution >= 4 is 29.0 Å². The minimum absolute atomic E-state index is 0.515. The van der Waals surface area contributed by atoms with Gasteiger partial charge in [0.1, 0.15) is 5.82 Å². The Bertz CT molecular complexity index is 972. The summed E-state index contributed by atoms with van der Waals surface area (Å²) in [5, 5.41) is 1.57. The van der Waals surface area contributed by atoms with Crippen LogP contribution in [-0.2, 0) is 6.42 Å². The Morgan fingerprint density at radius 3 is 2.25 bits per heavy atom. The first-order valence-corrected chi connectivity index (χ1v) is 14.2. The molecule has 0 radical (unpaired) electrons. The van der Waals surface area contributed by atoms with Crippen LogP contribution in [0.4, 0.5) is 5.82 Å². The second kappa shape index (κ2) is 12.0. The summed E-state index contributed by atoms with van der Waals surface area (Å²) in [4.78, 5) is 17.6. The van der Waals surface area contributed by atoms with E-state index < -0.39 is 0 Å². The summed E-state index contributed by atoms with van der Waals surface area (Å²) in [5.74, 6) is 1.00. The van der Waals surface area contributed by atoms with E-state index in [1.54, 1.807) is 0 Å².